The van der Waals surface area contributed by atoms with Crippen LogP contribution in [0.1, 0.15) is 0 Å². The largest absolute Gasteiger partial charge is 0.454 e. The Balaban J connectivity index is 1.08. The molecule has 2 nitrogen and oxygen atoms in total. The lowest BCUT2D eigenvalue weighted by Crippen LogP contribution is -2.11. The first-order valence-electron chi connectivity index (χ1n) is 19.3. The van der Waals surface area contributed by atoms with E-state index in [-0.39, 0.29) is 0 Å². The Hall–Kier alpha value is -7.20. The molecule has 0 amide bonds. The van der Waals surface area contributed by atoms with Gasteiger partial charge in [-0.3, -0.25) is 0 Å². The van der Waals surface area contributed by atoms with E-state index >= 15 is 0 Å². The van der Waals surface area contributed by atoms with Crippen molar-refractivity contribution in [2.45, 2.75) is 0 Å². The molecule has 3 heteroatoms. The number of thiophene rings is 1. The maximum atomic E-state index is 6.84. The molecule has 0 bridgehead atoms. The molecule has 0 atom stereocenters. The third kappa shape index (κ3) is 5.88. The van der Waals surface area contributed by atoms with Crippen LogP contribution in [0.25, 0.3) is 86.6 Å². The van der Waals surface area contributed by atoms with Crippen molar-refractivity contribution in [3.63, 3.8) is 0 Å². The summed E-state index contributed by atoms with van der Waals surface area (Å²) >= 11 is 1.86. The van der Waals surface area contributed by atoms with E-state index in [9.17, 15) is 0 Å². The van der Waals surface area contributed by atoms with Gasteiger partial charge < -0.3 is 9.32 Å². The molecule has 0 fully saturated rings. The van der Waals surface area contributed by atoms with Crippen molar-refractivity contribution in [3.8, 4) is 44.5 Å². The van der Waals surface area contributed by atoms with E-state index in [1.54, 1.807) is 0 Å². The highest BCUT2D eigenvalue weighted by atomic mass is 32.1. The lowest BCUT2D eigenvalue weighted by atomic mass is 9.97. The summed E-state index contributed by atoms with van der Waals surface area (Å²) < 4.78 is 9.46. The molecule has 268 valence electrons. The van der Waals surface area contributed by atoms with Gasteiger partial charge in [-0.2, -0.15) is 0 Å². The van der Waals surface area contributed by atoms with Crippen LogP contribution in [0.15, 0.2) is 217 Å². The molecule has 57 heavy (non-hydrogen) atoms. The predicted octanol–water partition coefficient (Wildman–Crippen LogP) is 16.1. The zero-order chi connectivity index (χ0) is 37.7. The summed E-state index contributed by atoms with van der Waals surface area (Å²) in [4.78, 5) is 2.37. The molecule has 0 saturated carbocycles. The van der Waals surface area contributed by atoms with Gasteiger partial charge >= 0.3 is 0 Å². The standard InChI is InChI=1S/C54H35NOS/c1-3-12-36(13-4-1)40-16-11-17-41(34-40)37-22-27-43(28-23-37)55(44-29-24-38(25-30-44)42-26-31-48-47-19-8-10-21-51(47)57-52(48)35-42)53-45(39-14-5-2-6-15-39)32-33-49-46-18-7-9-20-50(46)56-54(49)53/h1-35H. The SMILES string of the molecule is c1ccc(-c2cccc(-c3ccc(N(c4ccc(-c5ccc6c(c5)sc5ccccc56)cc4)c4c(-c5ccccc5)ccc5c4oc4ccccc45)cc3)c2)cc1. The van der Waals surface area contributed by atoms with Crippen molar-refractivity contribution in [1.82, 2.24) is 0 Å². The molecular weight excluding hydrogens is 711 g/mol. The molecule has 0 aliphatic heterocycles. The molecular formula is C54H35NOS. The van der Waals surface area contributed by atoms with Gasteiger partial charge in [0.25, 0.3) is 0 Å². The van der Waals surface area contributed by atoms with Crippen LogP contribution in [0.4, 0.5) is 17.1 Å². The van der Waals surface area contributed by atoms with E-state index < -0.39 is 0 Å². The van der Waals surface area contributed by atoms with Gasteiger partial charge in [0.2, 0.25) is 0 Å². The van der Waals surface area contributed by atoms with Crippen LogP contribution in [0.3, 0.4) is 0 Å². The monoisotopic (exact) mass is 745 g/mol. The van der Waals surface area contributed by atoms with E-state index in [1.165, 1.54) is 48.0 Å². The minimum atomic E-state index is 0.858. The third-order valence-electron chi connectivity index (χ3n) is 11.1. The summed E-state index contributed by atoms with van der Waals surface area (Å²) in [5.74, 6) is 0. The number of hydrogen-bond donors (Lipinski definition) is 0. The normalized spacial score (nSPS) is 11.5. The zero-order valence-corrected chi connectivity index (χ0v) is 31.8. The number of fused-ring (bicyclic) bond motifs is 6. The van der Waals surface area contributed by atoms with Crippen LogP contribution in [0.5, 0.6) is 0 Å². The summed E-state index contributed by atoms with van der Waals surface area (Å²) in [7, 11) is 0. The number of furan rings is 1. The summed E-state index contributed by atoms with van der Waals surface area (Å²) in [5.41, 5.74) is 14.2. The number of nitrogens with zero attached hydrogens (tertiary/aromatic N) is 1. The van der Waals surface area contributed by atoms with E-state index in [0.29, 0.717) is 0 Å². The number of para-hydroxylation sites is 1. The number of rotatable bonds is 7. The fourth-order valence-corrected chi connectivity index (χ4v) is 9.42. The van der Waals surface area contributed by atoms with Crippen LogP contribution >= 0.6 is 11.3 Å². The Morgan fingerprint density at radius 2 is 0.842 bits per heavy atom. The molecule has 0 spiro atoms. The van der Waals surface area contributed by atoms with E-state index in [2.05, 4.69) is 211 Å². The van der Waals surface area contributed by atoms with Gasteiger partial charge in [-0.1, -0.05) is 158 Å². The minimum absolute atomic E-state index is 0.858. The first-order chi connectivity index (χ1) is 28.2. The van der Waals surface area contributed by atoms with Crippen molar-refractivity contribution in [2.24, 2.45) is 0 Å². The molecule has 2 aromatic heterocycles. The topological polar surface area (TPSA) is 16.4 Å². The molecule has 0 unspecified atom stereocenters. The first kappa shape index (κ1) is 33.2. The average Bonchev–Trinajstić information content (AvgIpc) is 3.86. The highest BCUT2D eigenvalue weighted by Crippen LogP contribution is 2.48. The summed E-state index contributed by atoms with van der Waals surface area (Å²) in [6.07, 6.45) is 0. The maximum absolute atomic E-state index is 6.84. The smallest absolute Gasteiger partial charge is 0.160 e. The lowest BCUT2D eigenvalue weighted by Gasteiger charge is -2.28. The molecule has 0 radical (unpaired) electrons. The van der Waals surface area contributed by atoms with Gasteiger partial charge in [0.1, 0.15) is 5.58 Å². The van der Waals surface area contributed by atoms with Crippen molar-refractivity contribution in [2.75, 3.05) is 4.90 Å². The predicted molar refractivity (Wildman–Crippen MR) is 243 cm³/mol. The Labute approximate surface area is 335 Å². The van der Waals surface area contributed by atoms with Crippen LogP contribution in [-0.4, -0.2) is 0 Å². The van der Waals surface area contributed by atoms with Gasteiger partial charge in [-0.05, 0) is 93.5 Å². The molecule has 0 aliphatic rings. The first-order valence-corrected chi connectivity index (χ1v) is 20.1. The number of anilines is 3. The van der Waals surface area contributed by atoms with Gasteiger partial charge in [0, 0.05) is 47.9 Å². The Morgan fingerprint density at radius 3 is 1.54 bits per heavy atom. The number of hydrogen-bond acceptors (Lipinski definition) is 3. The van der Waals surface area contributed by atoms with Crippen molar-refractivity contribution in [1.29, 1.82) is 0 Å². The van der Waals surface area contributed by atoms with Crippen LogP contribution in [-0.2, 0) is 0 Å². The molecule has 0 saturated heterocycles. The fraction of sp³-hybridized carbons (Fsp3) is 0. The molecule has 11 rings (SSSR count). The van der Waals surface area contributed by atoms with Gasteiger partial charge in [-0.25, -0.2) is 0 Å². The number of benzene rings is 9. The van der Waals surface area contributed by atoms with E-state index in [4.69, 9.17) is 4.42 Å². The van der Waals surface area contributed by atoms with Crippen molar-refractivity contribution in [3.05, 3.63) is 212 Å². The van der Waals surface area contributed by atoms with E-state index in [1.807, 2.05) is 17.4 Å². The Kier molecular flexibility index (Phi) is 8.04. The summed E-state index contributed by atoms with van der Waals surface area (Å²) in [6.45, 7) is 0. The average molecular weight is 746 g/mol. The minimum Gasteiger partial charge on any atom is -0.454 e. The molecule has 0 N–H and O–H groups in total. The maximum Gasteiger partial charge on any atom is 0.160 e. The van der Waals surface area contributed by atoms with Crippen LogP contribution < -0.4 is 4.90 Å². The quantitative estimate of drug-likeness (QED) is 0.162. The third-order valence-corrected chi connectivity index (χ3v) is 12.2. The Morgan fingerprint density at radius 1 is 0.333 bits per heavy atom. The van der Waals surface area contributed by atoms with Crippen LogP contribution in [0, 0.1) is 0 Å². The summed E-state index contributed by atoms with van der Waals surface area (Å²) in [5, 5.41) is 4.82. The highest BCUT2D eigenvalue weighted by Gasteiger charge is 2.24. The molecule has 11 aromatic rings. The summed E-state index contributed by atoms with van der Waals surface area (Å²) in [6, 6.07) is 76.3. The molecule has 2 heterocycles. The lowest BCUT2D eigenvalue weighted by molar-refractivity contribution is 0.669. The second-order valence-electron chi connectivity index (χ2n) is 14.5. The molecule has 0 aliphatic carbocycles. The van der Waals surface area contributed by atoms with E-state index in [0.717, 1.165) is 55.7 Å². The second-order valence-corrected chi connectivity index (χ2v) is 15.6. The molecule has 9 aromatic carbocycles. The van der Waals surface area contributed by atoms with Crippen molar-refractivity contribution >= 4 is 70.5 Å². The van der Waals surface area contributed by atoms with Gasteiger partial charge in [0.05, 0.1) is 5.69 Å². The van der Waals surface area contributed by atoms with Gasteiger partial charge in [0.15, 0.2) is 5.58 Å². The highest BCUT2D eigenvalue weighted by molar-refractivity contribution is 7.25. The zero-order valence-electron chi connectivity index (χ0n) is 31.0. The van der Waals surface area contributed by atoms with Gasteiger partial charge in [-0.15, -0.1) is 11.3 Å². The fourth-order valence-electron chi connectivity index (χ4n) is 8.27. The van der Waals surface area contributed by atoms with Crippen LogP contribution in [0.2, 0.25) is 0 Å². The van der Waals surface area contributed by atoms with Crippen molar-refractivity contribution < 1.29 is 4.42 Å². The second kappa shape index (κ2) is 13.8. The Bertz CT molecular complexity index is 3210.